The van der Waals surface area contributed by atoms with Crippen LogP contribution >= 0.6 is 23.4 Å². The van der Waals surface area contributed by atoms with Crippen LogP contribution in [-0.2, 0) is 16.1 Å². The largest absolute Gasteiger partial charge is 0.455 e. The van der Waals surface area contributed by atoms with Gasteiger partial charge in [-0.15, -0.1) is 11.8 Å². The van der Waals surface area contributed by atoms with Crippen molar-refractivity contribution in [1.29, 1.82) is 0 Å². The van der Waals surface area contributed by atoms with Gasteiger partial charge >= 0.3 is 5.97 Å². The molecule has 1 heterocycles. The molecule has 0 spiro atoms. The number of hydrogen-bond acceptors (Lipinski definition) is 6. The van der Waals surface area contributed by atoms with Crippen molar-refractivity contribution in [2.75, 3.05) is 5.75 Å². The van der Waals surface area contributed by atoms with Crippen LogP contribution < -0.4 is 0 Å². The highest BCUT2D eigenvalue weighted by molar-refractivity contribution is 8.00. The Labute approximate surface area is 156 Å². The number of ether oxygens (including phenoxy) is 1. The van der Waals surface area contributed by atoms with E-state index in [2.05, 4.69) is 10.1 Å². The fourth-order valence-corrected chi connectivity index (χ4v) is 2.92. The number of benzene rings is 2. The first-order chi connectivity index (χ1) is 12.5. The Balaban J connectivity index is 1.53. The molecule has 0 atom stereocenters. The Kier molecular flexibility index (Phi) is 5.85. The number of rotatable bonds is 6. The molecule has 0 saturated heterocycles. The number of carbonyl (C=O) groups is 1. The highest BCUT2D eigenvalue weighted by Gasteiger charge is 2.13. The lowest BCUT2D eigenvalue weighted by Gasteiger charge is -2.03. The molecule has 0 aliphatic heterocycles. The van der Waals surface area contributed by atoms with Crippen LogP contribution in [0.1, 0.15) is 5.89 Å². The summed E-state index contributed by atoms with van der Waals surface area (Å²) in [6.45, 7) is -0.224. The van der Waals surface area contributed by atoms with E-state index in [1.165, 1.54) is 0 Å². The van der Waals surface area contributed by atoms with E-state index in [9.17, 15) is 13.6 Å². The zero-order valence-electron chi connectivity index (χ0n) is 13.1. The molecule has 134 valence electrons. The van der Waals surface area contributed by atoms with Crippen molar-refractivity contribution < 1.29 is 22.8 Å². The molecule has 3 rings (SSSR count). The van der Waals surface area contributed by atoms with Gasteiger partial charge in [-0.2, -0.15) is 4.98 Å². The number of carbonyl (C=O) groups excluding carboxylic acids is 1. The summed E-state index contributed by atoms with van der Waals surface area (Å²) in [4.78, 5) is 15.9. The van der Waals surface area contributed by atoms with Crippen molar-refractivity contribution in [2.45, 2.75) is 11.5 Å². The maximum atomic E-state index is 13.5. The van der Waals surface area contributed by atoms with Crippen molar-refractivity contribution >= 4 is 29.3 Å². The zero-order chi connectivity index (χ0) is 18.5. The first-order valence-corrected chi connectivity index (χ1v) is 8.69. The highest BCUT2D eigenvalue weighted by atomic mass is 35.5. The maximum Gasteiger partial charge on any atom is 0.316 e. The van der Waals surface area contributed by atoms with Crippen LogP contribution in [0, 0.1) is 11.6 Å². The minimum Gasteiger partial charge on any atom is -0.455 e. The number of hydrogen-bond donors (Lipinski definition) is 0. The molecule has 26 heavy (non-hydrogen) atoms. The van der Waals surface area contributed by atoms with E-state index in [-0.39, 0.29) is 23.1 Å². The maximum absolute atomic E-state index is 13.5. The van der Waals surface area contributed by atoms with E-state index in [1.54, 1.807) is 24.3 Å². The monoisotopic (exact) mass is 396 g/mol. The topological polar surface area (TPSA) is 65.2 Å². The van der Waals surface area contributed by atoms with Crippen LogP contribution in [-0.4, -0.2) is 21.9 Å². The van der Waals surface area contributed by atoms with Gasteiger partial charge in [0.05, 0.1) is 5.75 Å². The van der Waals surface area contributed by atoms with Gasteiger partial charge in [0.15, 0.2) is 6.61 Å². The summed E-state index contributed by atoms with van der Waals surface area (Å²) < 4.78 is 36.6. The molecule has 0 unspecified atom stereocenters. The minimum absolute atomic E-state index is 0.0305. The van der Waals surface area contributed by atoms with Gasteiger partial charge in [-0.25, -0.2) is 8.78 Å². The molecule has 0 radical (unpaired) electrons. The molecule has 0 amide bonds. The number of halogens is 3. The standard InChI is InChI=1S/C17H11ClF2N2O3S/c18-11-3-1-2-10(6-11)17-21-15(25-22-17)8-24-16(23)9-26-14-7-12(19)4-5-13(14)20/h1-7H,8-9H2. The summed E-state index contributed by atoms with van der Waals surface area (Å²) in [6, 6.07) is 9.92. The van der Waals surface area contributed by atoms with E-state index >= 15 is 0 Å². The Morgan fingerprint density at radius 1 is 1.23 bits per heavy atom. The third-order valence-corrected chi connectivity index (χ3v) is 4.39. The number of aromatic nitrogens is 2. The smallest absolute Gasteiger partial charge is 0.316 e. The predicted octanol–water partition coefficient (Wildman–Crippen LogP) is 4.50. The Bertz CT molecular complexity index is 936. The zero-order valence-corrected chi connectivity index (χ0v) is 14.7. The van der Waals surface area contributed by atoms with Crippen molar-refractivity contribution in [3.63, 3.8) is 0 Å². The summed E-state index contributed by atoms with van der Waals surface area (Å²) >= 11 is 6.74. The highest BCUT2D eigenvalue weighted by Crippen LogP contribution is 2.23. The van der Waals surface area contributed by atoms with Gasteiger partial charge in [0.1, 0.15) is 11.6 Å². The van der Waals surface area contributed by atoms with Crippen molar-refractivity contribution in [3.05, 3.63) is 65.0 Å². The third kappa shape index (κ3) is 4.80. The van der Waals surface area contributed by atoms with E-state index in [0.717, 1.165) is 30.0 Å². The molecule has 0 saturated carbocycles. The average Bonchev–Trinajstić information content (AvgIpc) is 3.10. The van der Waals surface area contributed by atoms with Crippen LogP contribution in [0.5, 0.6) is 0 Å². The fraction of sp³-hybridized carbons (Fsp3) is 0.118. The van der Waals surface area contributed by atoms with Gasteiger partial charge < -0.3 is 9.26 Å². The molecule has 0 fully saturated rings. The quantitative estimate of drug-likeness (QED) is 0.451. The molecule has 0 bridgehead atoms. The SMILES string of the molecule is O=C(CSc1cc(F)ccc1F)OCc1nc(-c2cccc(Cl)c2)no1. The summed E-state index contributed by atoms with van der Waals surface area (Å²) in [7, 11) is 0. The summed E-state index contributed by atoms with van der Waals surface area (Å²) in [6.07, 6.45) is 0. The lowest BCUT2D eigenvalue weighted by molar-refractivity contribution is -0.142. The first kappa shape index (κ1) is 18.3. The summed E-state index contributed by atoms with van der Waals surface area (Å²) in [5, 5.41) is 4.32. The molecule has 0 aliphatic rings. The Morgan fingerprint density at radius 2 is 2.08 bits per heavy atom. The van der Waals surface area contributed by atoms with Gasteiger partial charge in [0, 0.05) is 15.5 Å². The molecule has 2 aromatic carbocycles. The van der Waals surface area contributed by atoms with Crippen LogP contribution in [0.3, 0.4) is 0 Å². The van der Waals surface area contributed by atoms with Gasteiger partial charge in [-0.05, 0) is 30.3 Å². The number of thioether (sulfide) groups is 1. The molecule has 0 N–H and O–H groups in total. The Morgan fingerprint density at radius 3 is 2.88 bits per heavy atom. The molecule has 1 aromatic heterocycles. The lowest BCUT2D eigenvalue weighted by atomic mass is 10.2. The van der Waals surface area contributed by atoms with Crippen LogP contribution in [0.2, 0.25) is 5.02 Å². The second-order valence-corrected chi connectivity index (χ2v) is 6.50. The normalized spacial score (nSPS) is 10.7. The Hall–Kier alpha value is -2.45. The van der Waals surface area contributed by atoms with Crippen LogP contribution in [0.25, 0.3) is 11.4 Å². The number of esters is 1. The molecule has 9 heteroatoms. The minimum atomic E-state index is -0.624. The van der Waals surface area contributed by atoms with Crippen LogP contribution in [0.15, 0.2) is 51.9 Å². The second kappa shape index (κ2) is 8.29. The van der Waals surface area contributed by atoms with Gasteiger partial charge in [0.25, 0.3) is 5.89 Å². The van der Waals surface area contributed by atoms with E-state index < -0.39 is 17.6 Å². The molecule has 3 aromatic rings. The van der Waals surface area contributed by atoms with Gasteiger partial charge in [-0.3, -0.25) is 4.79 Å². The van der Waals surface area contributed by atoms with Crippen LogP contribution in [0.4, 0.5) is 8.78 Å². The van der Waals surface area contributed by atoms with Gasteiger partial charge in [-0.1, -0.05) is 28.9 Å². The second-order valence-electron chi connectivity index (χ2n) is 5.05. The van der Waals surface area contributed by atoms with Crippen molar-refractivity contribution in [1.82, 2.24) is 10.1 Å². The molecular weight excluding hydrogens is 386 g/mol. The van der Waals surface area contributed by atoms with Gasteiger partial charge in [0.2, 0.25) is 5.82 Å². The molecule has 5 nitrogen and oxygen atoms in total. The predicted molar refractivity (Wildman–Crippen MR) is 91.6 cm³/mol. The summed E-state index contributed by atoms with van der Waals surface area (Å²) in [5.74, 6) is -1.57. The lowest BCUT2D eigenvalue weighted by Crippen LogP contribution is -2.07. The van der Waals surface area contributed by atoms with E-state index in [0.29, 0.717) is 16.4 Å². The molecular formula is C17H11ClF2N2O3S. The molecule has 0 aliphatic carbocycles. The van der Waals surface area contributed by atoms with Crippen molar-refractivity contribution in [3.8, 4) is 11.4 Å². The van der Waals surface area contributed by atoms with E-state index in [1.807, 2.05) is 0 Å². The summed E-state index contributed by atoms with van der Waals surface area (Å²) in [5.41, 5.74) is 0.663. The number of nitrogens with zero attached hydrogens (tertiary/aromatic N) is 2. The third-order valence-electron chi connectivity index (χ3n) is 3.15. The first-order valence-electron chi connectivity index (χ1n) is 7.33. The fourth-order valence-electron chi connectivity index (χ4n) is 1.97. The van der Waals surface area contributed by atoms with E-state index in [4.69, 9.17) is 20.9 Å². The van der Waals surface area contributed by atoms with Crippen molar-refractivity contribution in [2.24, 2.45) is 0 Å². The average molecular weight is 397 g/mol.